The number of rotatable bonds is 11. The zero-order valence-electron chi connectivity index (χ0n) is 12.2. The molecule has 0 saturated heterocycles. The maximum Gasteiger partial charge on any atom is 0.360 e. The zero-order valence-corrected chi connectivity index (χ0v) is 14.6. The van der Waals surface area contributed by atoms with E-state index in [9.17, 15) is 9.59 Å². The smallest absolute Gasteiger partial charge is 0.360 e. The normalized spacial score (nSPS) is 10.9. The molecule has 0 aromatic rings. The second kappa shape index (κ2) is 12.0. The summed E-state index contributed by atoms with van der Waals surface area (Å²) in [5, 5.41) is 0. The van der Waals surface area contributed by atoms with Crippen molar-refractivity contribution in [2.75, 3.05) is 40.9 Å². The van der Waals surface area contributed by atoms with E-state index in [0.717, 1.165) is 0 Å². The molecule has 0 aromatic carbocycles. The van der Waals surface area contributed by atoms with E-state index in [4.69, 9.17) is 27.2 Å². The highest BCUT2D eigenvalue weighted by atomic mass is 28.3. The van der Waals surface area contributed by atoms with Crippen LogP contribution in [0.4, 0.5) is 0 Å². The Morgan fingerprint density at radius 2 is 1.00 bits per heavy atom. The van der Waals surface area contributed by atoms with Crippen molar-refractivity contribution in [2.45, 2.75) is 12.8 Å². The van der Waals surface area contributed by atoms with Crippen molar-refractivity contribution in [3.05, 3.63) is 0 Å². The van der Waals surface area contributed by atoms with Crippen LogP contribution in [0.15, 0.2) is 0 Å². The molecular formula is C10H22O8Si2. The molecule has 0 aromatic heterocycles. The van der Waals surface area contributed by atoms with Gasteiger partial charge in [-0.25, -0.2) is 0 Å². The third-order valence-corrected chi connectivity index (χ3v) is 5.33. The van der Waals surface area contributed by atoms with Crippen LogP contribution >= 0.6 is 0 Å². The number of carbonyl (C=O) groups is 2. The molecule has 0 bridgehead atoms. The first-order chi connectivity index (χ1) is 9.57. The lowest BCUT2D eigenvalue weighted by atomic mass is 10.3. The van der Waals surface area contributed by atoms with Crippen LogP contribution < -0.4 is 0 Å². The third kappa shape index (κ3) is 9.17. The van der Waals surface area contributed by atoms with Crippen molar-refractivity contribution in [3.63, 3.8) is 0 Å². The minimum atomic E-state index is -1.92. The van der Waals surface area contributed by atoms with Gasteiger partial charge >= 0.3 is 30.5 Å². The van der Waals surface area contributed by atoms with Crippen LogP contribution in [0.25, 0.3) is 0 Å². The quantitative estimate of drug-likeness (QED) is 0.351. The second-order valence-corrected chi connectivity index (χ2v) is 7.94. The zero-order chi connectivity index (χ0) is 15.4. The van der Waals surface area contributed by atoms with Gasteiger partial charge in [0.2, 0.25) is 0 Å². The van der Waals surface area contributed by atoms with Crippen LogP contribution in [0, 0.1) is 0 Å². The number of esters is 2. The Kier molecular flexibility index (Phi) is 11.5. The summed E-state index contributed by atoms with van der Waals surface area (Å²) in [7, 11) is 2.15. The van der Waals surface area contributed by atoms with Gasteiger partial charge in [-0.05, 0) is 0 Å². The molecule has 118 valence electrons. The lowest BCUT2D eigenvalue weighted by Gasteiger charge is -2.12. The van der Waals surface area contributed by atoms with E-state index in [1.165, 1.54) is 28.4 Å². The molecule has 0 aliphatic carbocycles. The highest BCUT2D eigenvalue weighted by Crippen LogP contribution is 1.98. The lowest BCUT2D eigenvalue weighted by molar-refractivity contribution is -0.149. The van der Waals surface area contributed by atoms with Gasteiger partial charge in [-0.15, -0.1) is 0 Å². The average Bonchev–Trinajstić information content (AvgIpc) is 2.47. The van der Waals surface area contributed by atoms with E-state index in [1.54, 1.807) is 0 Å². The topological polar surface area (TPSA) is 89.5 Å². The van der Waals surface area contributed by atoms with Crippen LogP contribution in [0.3, 0.4) is 0 Å². The highest BCUT2D eigenvalue weighted by Gasteiger charge is 2.16. The number of carbonyl (C=O) groups excluding carboxylic acids is 2. The molecular weight excluding hydrogens is 304 g/mol. The van der Waals surface area contributed by atoms with Crippen molar-refractivity contribution in [1.82, 2.24) is 0 Å². The fraction of sp³-hybridized carbons (Fsp3) is 0.800. The Labute approximate surface area is 121 Å². The molecule has 0 amide bonds. The average molecular weight is 326 g/mol. The van der Waals surface area contributed by atoms with Crippen LogP contribution in [0.2, 0.25) is 0 Å². The van der Waals surface area contributed by atoms with Crippen molar-refractivity contribution in [3.8, 4) is 0 Å². The Morgan fingerprint density at radius 1 is 0.700 bits per heavy atom. The van der Waals surface area contributed by atoms with Gasteiger partial charge in [-0.2, -0.15) is 0 Å². The lowest BCUT2D eigenvalue weighted by Crippen LogP contribution is -2.29. The van der Waals surface area contributed by atoms with Gasteiger partial charge in [0.1, 0.15) is 12.5 Å². The van der Waals surface area contributed by atoms with Gasteiger partial charge in [0.15, 0.2) is 0 Å². The molecule has 20 heavy (non-hydrogen) atoms. The molecule has 0 rings (SSSR count). The number of hydrogen-bond acceptors (Lipinski definition) is 8. The molecule has 0 radical (unpaired) electrons. The van der Waals surface area contributed by atoms with E-state index >= 15 is 0 Å². The molecule has 0 fully saturated rings. The molecule has 0 atom stereocenters. The van der Waals surface area contributed by atoms with Gasteiger partial charge in [-0.3, -0.25) is 9.59 Å². The predicted molar refractivity (Wildman–Crippen MR) is 73.5 cm³/mol. The van der Waals surface area contributed by atoms with Crippen molar-refractivity contribution in [2.24, 2.45) is 0 Å². The molecule has 0 unspecified atom stereocenters. The van der Waals surface area contributed by atoms with Crippen LogP contribution in [-0.2, 0) is 36.8 Å². The Bertz CT molecular complexity index is 252. The number of ether oxygens (including phenoxy) is 2. The molecule has 8 nitrogen and oxygen atoms in total. The fourth-order valence-corrected chi connectivity index (χ4v) is 2.71. The second-order valence-electron chi connectivity index (χ2n) is 3.67. The van der Waals surface area contributed by atoms with Gasteiger partial charge in [0, 0.05) is 28.4 Å². The SMILES string of the molecule is CO[SiH](COC(=O)CCC(=O)OC[SiH](OC)OC)OC. The minimum Gasteiger partial charge on any atom is -0.464 e. The van der Waals surface area contributed by atoms with Crippen molar-refractivity contribution in [1.29, 1.82) is 0 Å². The Hall–Kier alpha value is -0.786. The summed E-state index contributed by atoms with van der Waals surface area (Å²) in [5.74, 6) is -0.971. The summed E-state index contributed by atoms with van der Waals surface area (Å²) >= 11 is 0. The highest BCUT2D eigenvalue weighted by molar-refractivity contribution is 6.44. The molecule has 0 N–H and O–H groups in total. The summed E-state index contributed by atoms with van der Waals surface area (Å²) in [6, 6.07) is 0. The maximum absolute atomic E-state index is 11.4. The predicted octanol–water partition coefficient (Wildman–Crippen LogP) is -1.04. The summed E-state index contributed by atoms with van der Waals surface area (Å²) in [4.78, 5) is 22.7. The largest absolute Gasteiger partial charge is 0.464 e. The van der Waals surface area contributed by atoms with Crippen LogP contribution in [-0.4, -0.2) is 71.4 Å². The fourth-order valence-electron chi connectivity index (χ4n) is 1.14. The van der Waals surface area contributed by atoms with Gasteiger partial charge in [0.25, 0.3) is 0 Å². The molecule has 0 saturated carbocycles. The number of hydrogen-bond donors (Lipinski definition) is 0. The van der Waals surface area contributed by atoms with Gasteiger partial charge < -0.3 is 27.2 Å². The molecule has 0 spiro atoms. The van der Waals surface area contributed by atoms with E-state index in [0.29, 0.717) is 0 Å². The van der Waals surface area contributed by atoms with E-state index in [-0.39, 0.29) is 25.3 Å². The first-order valence-electron chi connectivity index (χ1n) is 5.99. The van der Waals surface area contributed by atoms with Gasteiger partial charge in [0.05, 0.1) is 12.8 Å². The first-order valence-corrected chi connectivity index (χ1v) is 9.51. The van der Waals surface area contributed by atoms with Crippen LogP contribution in [0.5, 0.6) is 0 Å². The summed E-state index contributed by atoms with van der Waals surface area (Å²) in [5.41, 5.74) is 0. The third-order valence-electron chi connectivity index (χ3n) is 2.35. The minimum absolute atomic E-state index is 0.0421. The Balaban J connectivity index is 3.75. The van der Waals surface area contributed by atoms with Crippen molar-refractivity contribution < 1.29 is 36.8 Å². The monoisotopic (exact) mass is 326 g/mol. The first kappa shape index (κ1) is 19.2. The molecule has 0 aliphatic rings. The summed E-state index contributed by atoms with van der Waals surface area (Å²) in [6.45, 7) is 0. The van der Waals surface area contributed by atoms with E-state index in [1.807, 2.05) is 0 Å². The van der Waals surface area contributed by atoms with E-state index < -0.39 is 30.5 Å². The standard InChI is InChI=1S/C10H22O8Si2/c1-13-19(14-2)7-17-9(11)5-6-10(12)18-8-20(15-3)16-4/h19-20H,5-8H2,1-4H3. The maximum atomic E-state index is 11.4. The Morgan fingerprint density at radius 3 is 1.25 bits per heavy atom. The molecule has 0 heterocycles. The van der Waals surface area contributed by atoms with Gasteiger partial charge in [-0.1, -0.05) is 0 Å². The summed E-state index contributed by atoms with van der Waals surface area (Å²) < 4.78 is 29.8. The van der Waals surface area contributed by atoms with Crippen LogP contribution in [0.1, 0.15) is 12.8 Å². The molecule has 10 heteroatoms. The van der Waals surface area contributed by atoms with Crippen molar-refractivity contribution >= 4 is 30.5 Å². The van der Waals surface area contributed by atoms with E-state index in [2.05, 4.69) is 0 Å². The molecule has 0 aliphatic heterocycles. The summed E-state index contributed by atoms with van der Waals surface area (Å²) in [6.07, 6.45) is 0.144.